The van der Waals surface area contributed by atoms with Crippen LogP contribution in [0.3, 0.4) is 0 Å². The first-order valence-corrected chi connectivity index (χ1v) is 15.1. The number of rotatable bonds is 9. The summed E-state index contributed by atoms with van der Waals surface area (Å²) in [5, 5.41) is 11.1. The largest absolute Gasteiger partial charge is 0.478 e. The maximum Gasteiger partial charge on any atom is 0.335 e. The van der Waals surface area contributed by atoms with Crippen molar-refractivity contribution in [2.24, 2.45) is 0 Å². The number of pyridine rings is 1. The molecule has 2 aromatic carbocycles. The standard InChI is InChI=1S/C30H29ClN6O4S/c31-20-5-7-23-25(15-20)42-29(33-23)18-41-28-3-1-2-26(34-28)36-11-9-35(10-12-36)17-27-32-22-6-4-19(30(38)39)14-24(22)37(27)16-21-8-13-40-21/h1-7,14-15,21H,8-13,16-18H2,(H,38,39). The van der Waals surface area contributed by atoms with Crippen LogP contribution in [-0.2, 0) is 24.4 Å². The van der Waals surface area contributed by atoms with Crippen LogP contribution in [0.5, 0.6) is 5.88 Å². The molecule has 0 aliphatic carbocycles. The Bertz CT molecular complexity index is 1760. The Morgan fingerprint density at radius 1 is 1.05 bits per heavy atom. The molecule has 1 atom stereocenters. The monoisotopic (exact) mass is 604 g/mol. The van der Waals surface area contributed by atoms with Crippen LogP contribution in [0.1, 0.15) is 27.6 Å². The zero-order valence-electron chi connectivity index (χ0n) is 22.8. The minimum Gasteiger partial charge on any atom is -0.478 e. The molecule has 5 heterocycles. The second-order valence-electron chi connectivity index (χ2n) is 10.5. The molecule has 2 aliphatic rings. The number of carboxylic acids is 1. The van der Waals surface area contributed by atoms with E-state index in [4.69, 9.17) is 31.0 Å². The highest BCUT2D eigenvalue weighted by Gasteiger charge is 2.25. The first-order valence-electron chi connectivity index (χ1n) is 13.9. The Morgan fingerprint density at radius 2 is 1.88 bits per heavy atom. The fourth-order valence-electron chi connectivity index (χ4n) is 5.40. The number of thiazole rings is 1. The predicted octanol–water partition coefficient (Wildman–Crippen LogP) is 5.08. The van der Waals surface area contributed by atoms with E-state index >= 15 is 0 Å². The van der Waals surface area contributed by atoms with E-state index in [1.165, 1.54) is 0 Å². The number of fused-ring (bicyclic) bond motifs is 2. The van der Waals surface area contributed by atoms with E-state index in [1.807, 2.05) is 36.4 Å². The summed E-state index contributed by atoms with van der Waals surface area (Å²) in [5.41, 5.74) is 2.83. The lowest BCUT2D eigenvalue weighted by atomic mass is 10.1. The summed E-state index contributed by atoms with van der Waals surface area (Å²) in [5.74, 6) is 1.45. The van der Waals surface area contributed by atoms with Gasteiger partial charge in [0.05, 0.1) is 46.0 Å². The van der Waals surface area contributed by atoms with Gasteiger partial charge in [0.25, 0.3) is 0 Å². The van der Waals surface area contributed by atoms with Gasteiger partial charge in [-0.15, -0.1) is 11.3 Å². The third kappa shape index (κ3) is 5.65. The van der Waals surface area contributed by atoms with Gasteiger partial charge in [0, 0.05) is 43.9 Å². The fraction of sp³-hybridized carbons (Fsp3) is 0.333. The molecule has 2 saturated heterocycles. The Balaban J connectivity index is 1.000. The summed E-state index contributed by atoms with van der Waals surface area (Å²) in [4.78, 5) is 30.5. The summed E-state index contributed by atoms with van der Waals surface area (Å²) in [6.07, 6.45) is 1.14. The summed E-state index contributed by atoms with van der Waals surface area (Å²) >= 11 is 7.68. The summed E-state index contributed by atoms with van der Waals surface area (Å²) in [6.45, 7) is 5.83. The van der Waals surface area contributed by atoms with Gasteiger partial charge in [0.15, 0.2) is 0 Å². The second kappa shape index (κ2) is 11.5. The average Bonchev–Trinajstić information content (AvgIpc) is 3.53. The number of carbonyl (C=O) groups is 1. The lowest BCUT2D eigenvalue weighted by Crippen LogP contribution is -2.46. The van der Waals surface area contributed by atoms with Crippen molar-refractivity contribution in [3.8, 4) is 5.88 Å². The normalized spacial score (nSPS) is 17.5. The van der Waals surface area contributed by atoms with Crippen molar-refractivity contribution >= 4 is 56.0 Å². The van der Waals surface area contributed by atoms with E-state index in [-0.39, 0.29) is 11.7 Å². The van der Waals surface area contributed by atoms with E-state index in [1.54, 1.807) is 29.5 Å². The van der Waals surface area contributed by atoms with Gasteiger partial charge in [-0.05, 0) is 48.9 Å². The zero-order chi connectivity index (χ0) is 28.6. The van der Waals surface area contributed by atoms with Crippen LogP contribution in [0.4, 0.5) is 5.82 Å². The Labute approximate surface area is 251 Å². The molecular formula is C30H29ClN6O4S. The molecule has 1 unspecified atom stereocenters. The number of piperazine rings is 1. The Kier molecular flexibility index (Phi) is 7.41. The minimum absolute atomic E-state index is 0.139. The molecule has 0 saturated carbocycles. The van der Waals surface area contributed by atoms with E-state index in [2.05, 4.69) is 19.4 Å². The number of anilines is 1. The van der Waals surface area contributed by atoms with Crippen molar-refractivity contribution in [3.05, 3.63) is 76.0 Å². The molecule has 0 bridgehead atoms. The topological polar surface area (TPSA) is 106 Å². The van der Waals surface area contributed by atoms with Crippen LogP contribution >= 0.6 is 22.9 Å². The van der Waals surface area contributed by atoms with Gasteiger partial charge < -0.3 is 24.0 Å². The number of halogens is 1. The Hall–Kier alpha value is -3.77. The maximum atomic E-state index is 11.6. The predicted molar refractivity (Wildman–Crippen MR) is 162 cm³/mol. The first kappa shape index (κ1) is 27.1. The van der Waals surface area contributed by atoms with Crippen LogP contribution in [0.25, 0.3) is 21.3 Å². The molecule has 0 amide bonds. The van der Waals surface area contributed by atoms with Gasteiger partial charge in [-0.3, -0.25) is 4.90 Å². The lowest BCUT2D eigenvalue weighted by Gasteiger charge is -2.35. The molecule has 216 valence electrons. The highest BCUT2D eigenvalue weighted by atomic mass is 35.5. The van der Waals surface area contributed by atoms with E-state index in [0.29, 0.717) is 30.6 Å². The molecular weight excluding hydrogens is 576 g/mol. The van der Waals surface area contributed by atoms with Crippen LogP contribution in [-0.4, -0.2) is 74.4 Å². The number of aromatic nitrogens is 4. The SMILES string of the molecule is O=C(O)c1ccc2nc(CN3CCN(c4cccc(OCc5nc6ccc(Cl)cc6s5)n4)CC3)n(CC3CCO3)c2c1. The summed E-state index contributed by atoms with van der Waals surface area (Å²) in [7, 11) is 0. The number of nitrogens with zero attached hydrogens (tertiary/aromatic N) is 6. The minimum atomic E-state index is -0.938. The molecule has 10 nitrogen and oxygen atoms in total. The average molecular weight is 605 g/mol. The fourth-order valence-corrected chi connectivity index (χ4v) is 6.56. The van der Waals surface area contributed by atoms with E-state index in [9.17, 15) is 9.90 Å². The summed E-state index contributed by atoms with van der Waals surface area (Å²) in [6, 6.07) is 16.7. The van der Waals surface area contributed by atoms with Crippen LogP contribution in [0.15, 0.2) is 54.6 Å². The molecule has 0 radical (unpaired) electrons. The third-order valence-corrected chi connectivity index (χ3v) is 8.99. The Morgan fingerprint density at radius 3 is 2.67 bits per heavy atom. The van der Waals surface area contributed by atoms with Gasteiger partial charge in [0.2, 0.25) is 5.88 Å². The molecule has 7 rings (SSSR count). The molecule has 5 aromatic rings. The second-order valence-corrected chi connectivity index (χ2v) is 12.1. The zero-order valence-corrected chi connectivity index (χ0v) is 24.4. The summed E-state index contributed by atoms with van der Waals surface area (Å²) < 4.78 is 14.9. The third-order valence-electron chi connectivity index (χ3n) is 7.76. The number of benzene rings is 2. The number of carboxylic acid groups (broad SMARTS) is 1. The van der Waals surface area contributed by atoms with Crippen LogP contribution in [0.2, 0.25) is 5.02 Å². The van der Waals surface area contributed by atoms with Gasteiger partial charge in [-0.2, -0.15) is 4.98 Å². The molecule has 2 aliphatic heterocycles. The first-order chi connectivity index (χ1) is 20.5. The van der Waals surface area contributed by atoms with Crippen molar-refractivity contribution in [1.82, 2.24) is 24.4 Å². The maximum absolute atomic E-state index is 11.6. The lowest BCUT2D eigenvalue weighted by molar-refractivity contribution is -0.0592. The van der Waals surface area contributed by atoms with Gasteiger partial charge in [-0.1, -0.05) is 17.7 Å². The molecule has 42 heavy (non-hydrogen) atoms. The molecule has 2 fully saturated rings. The highest BCUT2D eigenvalue weighted by molar-refractivity contribution is 7.18. The van der Waals surface area contributed by atoms with Crippen molar-refractivity contribution in [1.29, 1.82) is 0 Å². The van der Waals surface area contributed by atoms with Crippen molar-refractivity contribution in [2.45, 2.75) is 32.2 Å². The molecule has 1 N–H and O–H groups in total. The van der Waals surface area contributed by atoms with E-state index < -0.39 is 5.97 Å². The number of hydrogen-bond acceptors (Lipinski definition) is 9. The number of ether oxygens (including phenoxy) is 2. The van der Waals surface area contributed by atoms with Crippen molar-refractivity contribution in [2.75, 3.05) is 37.7 Å². The number of imidazole rings is 1. The molecule has 3 aromatic heterocycles. The van der Waals surface area contributed by atoms with Crippen LogP contribution < -0.4 is 9.64 Å². The van der Waals surface area contributed by atoms with Crippen molar-refractivity contribution < 1.29 is 19.4 Å². The van der Waals surface area contributed by atoms with Gasteiger partial charge in [0.1, 0.15) is 23.3 Å². The van der Waals surface area contributed by atoms with Gasteiger partial charge >= 0.3 is 5.97 Å². The van der Waals surface area contributed by atoms with Gasteiger partial charge in [-0.25, -0.2) is 14.8 Å². The van der Waals surface area contributed by atoms with Crippen molar-refractivity contribution in [3.63, 3.8) is 0 Å². The quantitative estimate of drug-likeness (QED) is 0.246. The van der Waals surface area contributed by atoms with E-state index in [0.717, 1.165) is 77.1 Å². The number of aromatic carboxylic acids is 1. The number of hydrogen-bond donors (Lipinski definition) is 1. The highest BCUT2D eigenvalue weighted by Crippen LogP contribution is 2.27. The molecule has 12 heteroatoms. The van der Waals surface area contributed by atoms with Crippen LogP contribution in [0, 0.1) is 0 Å². The smallest absolute Gasteiger partial charge is 0.335 e. The molecule has 0 spiro atoms.